The van der Waals surface area contributed by atoms with Crippen LogP contribution in [-0.2, 0) is 10.0 Å². The van der Waals surface area contributed by atoms with Crippen molar-refractivity contribution < 1.29 is 8.42 Å². The zero-order valence-corrected chi connectivity index (χ0v) is 12.1. The monoisotopic (exact) mass is 334 g/mol. The summed E-state index contributed by atoms with van der Waals surface area (Å²) in [5.41, 5.74) is 6.78. The normalized spacial score (nSPS) is 18.3. The molecule has 0 unspecified atom stereocenters. The van der Waals surface area contributed by atoms with E-state index in [1.807, 2.05) is 0 Å². The van der Waals surface area contributed by atoms with Gasteiger partial charge in [0.25, 0.3) is 0 Å². The first-order chi connectivity index (χ1) is 7.92. The summed E-state index contributed by atoms with van der Waals surface area (Å²) in [6.45, 7) is 0.486. The Bertz CT molecular complexity index is 572. The van der Waals surface area contributed by atoms with E-state index < -0.39 is 10.0 Å². The highest BCUT2D eigenvalue weighted by Crippen LogP contribution is 2.29. The van der Waals surface area contributed by atoms with Gasteiger partial charge in [0.15, 0.2) is 0 Å². The molecule has 1 aromatic rings. The third-order valence-electron chi connectivity index (χ3n) is 2.59. The van der Waals surface area contributed by atoms with Crippen molar-refractivity contribution in [1.82, 2.24) is 0 Å². The second-order valence-corrected chi connectivity index (χ2v) is 7.14. The number of rotatable bonds is 2. The van der Waals surface area contributed by atoms with Gasteiger partial charge in [-0.3, -0.25) is 4.31 Å². The number of halogens is 1. The number of nitrogens with two attached hydrogens (primary N) is 1. The van der Waals surface area contributed by atoms with E-state index in [1.54, 1.807) is 18.2 Å². The molecule has 2 N–H and O–H groups in total. The lowest BCUT2D eigenvalue weighted by atomic mass is 10.2. The molecule has 1 fully saturated rings. The molecule has 1 heterocycles. The summed E-state index contributed by atoms with van der Waals surface area (Å²) >= 11 is 8.27. The highest BCUT2D eigenvalue weighted by molar-refractivity contribution is 9.10. The average molecular weight is 335 g/mol. The molecular formula is C10H11BrN2O2S2. The highest BCUT2D eigenvalue weighted by Gasteiger charge is 2.30. The van der Waals surface area contributed by atoms with Crippen molar-refractivity contribution in [1.29, 1.82) is 0 Å². The number of sulfonamides is 1. The average Bonchev–Trinajstić information content (AvgIpc) is 2.58. The standard InChI is InChI=1S/C10H11BrN2O2S2/c11-7-2-3-9(8(6-7)10(12)16)13-4-1-5-17(13,14)15/h2-3,6H,1,4-5H2,(H2,12,16). The first-order valence-electron chi connectivity index (χ1n) is 5.01. The molecule has 0 atom stereocenters. The van der Waals surface area contributed by atoms with Crippen molar-refractivity contribution in [2.75, 3.05) is 16.6 Å². The smallest absolute Gasteiger partial charge is 0.235 e. The summed E-state index contributed by atoms with van der Waals surface area (Å²) < 4.78 is 25.9. The third-order valence-corrected chi connectivity index (χ3v) is 5.16. The molecule has 17 heavy (non-hydrogen) atoms. The minimum absolute atomic E-state index is 0.180. The molecule has 1 aliphatic rings. The Labute approximate surface area is 114 Å². The fraction of sp³-hybridized carbons (Fsp3) is 0.300. The number of hydrogen-bond donors (Lipinski definition) is 1. The van der Waals surface area contributed by atoms with Gasteiger partial charge in [0.1, 0.15) is 4.99 Å². The number of nitrogens with zero attached hydrogens (tertiary/aromatic N) is 1. The minimum atomic E-state index is -3.21. The largest absolute Gasteiger partial charge is 0.389 e. The predicted molar refractivity (Wildman–Crippen MR) is 75.8 cm³/mol. The van der Waals surface area contributed by atoms with Gasteiger partial charge in [0, 0.05) is 16.6 Å². The number of hydrogen-bond acceptors (Lipinski definition) is 3. The van der Waals surface area contributed by atoms with Gasteiger partial charge in [-0.2, -0.15) is 0 Å². The maximum absolute atomic E-state index is 11.9. The second kappa shape index (κ2) is 4.55. The topological polar surface area (TPSA) is 63.4 Å². The molecule has 1 aromatic carbocycles. The molecule has 1 saturated heterocycles. The Morgan fingerprint density at radius 3 is 2.71 bits per heavy atom. The minimum Gasteiger partial charge on any atom is -0.389 e. The predicted octanol–water partition coefficient (Wildman–Crippen LogP) is 1.62. The molecule has 2 rings (SSSR count). The quantitative estimate of drug-likeness (QED) is 0.835. The Morgan fingerprint density at radius 2 is 2.18 bits per heavy atom. The summed E-state index contributed by atoms with van der Waals surface area (Å²) in [4.78, 5) is 0.198. The van der Waals surface area contributed by atoms with Crippen LogP contribution in [0.1, 0.15) is 12.0 Å². The van der Waals surface area contributed by atoms with Crippen LogP contribution in [0.25, 0.3) is 0 Å². The van der Waals surface area contributed by atoms with Gasteiger partial charge < -0.3 is 5.73 Å². The fourth-order valence-electron chi connectivity index (χ4n) is 1.83. The lowest BCUT2D eigenvalue weighted by Crippen LogP contribution is -2.27. The van der Waals surface area contributed by atoms with Crippen molar-refractivity contribution >= 4 is 48.8 Å². The second-order valence-electron chi connectivity index (χ2n) is 3.77. The van der Waals surface area contributed by atoms with Crippen LogP contribution in [0.2, 0.25) is 0 Å². The Kier molecular flexibility index (Phi) is 3.42. The molecule has 0 aliphatic carbocycles. The molecule has 1 aliphatic heterocycles. The van der Waals surface area contributed by atoms with Crippen LogP contribution in [0.3, 0.4) is 0 Å². The van der Waals surface area contributed by atoms with Gasteiger partial charge in [0.05, 0.1) is 11.4 Å². The molecule has 0 amide bonds. The van der Waals surface area contributed by atoms with Crippen LogP contribution in [0.4, 0.5) is 5.69 Å². The maximum Gasteiger partial charge on any atom is 0.235 e. The van der Waals surface area contributed by atoms with Crippen LogP contribution in [0.15, 0.2) is 22.7 Å². The van der Waals surface area contributed by atoms with E-state index >= 15 is 0 Å². The summed E-state index contributed by atoms with van der Waals surface area (Å²) in [7, 11) is -3.21. The molecule has 0 aromatic heterocycles. The van der Waals surface area contributed by atoms with E-state index in [4.69, 9.17) is 18.0 Å². The van der Waals surface area contributed by atoms with Crippen LogP contribution in [0.5, 0.6) is 0 Å². The van der Waals surface area contributed by atoms with E-state index in [0.717, 1.165) is 4.47 Å². The van der Waals surface area contributed by atoms with Crippen molar-refractivity contribution in [2.45, 2.75) is 6.42 Å². The summed E-state index contributed by atoms with van der Waals surface area (Å²) in [6.07, 6.45) is 0.634. The van der Waals surface area contributed by atoms with Crippen molar-refractivity contribution in [3.05, 3.63) is 28.2 Å². The molecule has 0 saturated carbocycles. The van der Waals surface area contributed by atoms with Crippen molar-refractivity contribution in [3.8, 4) is 0 Å². The van der Waals surface area contributed by atoms with Crippen molar-refractivity contribution in [3.63, 3.8) is 0 Å². The Morgan fingerprint density at radius 1 is 1.47 bits per heavy atom. The highest BCUT2D eigenvalue weighted by atomic mass is 79.9. The summed E-state index contributed by atoms with van der Waals surface area (Å²) in [5.74, 6) is 0.180. The van der Waals surface area contributed by atoms with Gasteiger partial charge in [0.2, 0.25) is 10.0 Å². The van der Waals surface area contributed by atoms with Crippen LogP contribution < -0.4 is 10.0 Å². The first kappa shape index (κ1) is 12.8. The van der Waals surface area contributed by atoms with E-state index in [-0.39, 0.29) is 10.7 Å². The zero-order chi connectivity index (χ0) is 12.6. The molecule has 4 nitrogen and oxygen atoms in total. The van der Waals surface area contributed by atoms with E-state index in [1.165, 1.54) is 4.31 Å². The lowest BCUT2D eigenvalue weighted by molar-refractivity contribution is 0.599. The van der Waals surface area contributed by atoms with Gasteiger partial charge in [-0.05, 0) is 24.6 Å². The zero-order valence-electron chi connectivity index (χ0n) is 8.89. The summed E-state index contributed by atoms with van der Waals surface area (Å²) in [5, 5.41) is 0. The van der Waals surface area contributed by atoms with Crippen molar-refractivity contribution in [2.24, 2.45) is 5.73 Å². The maximum atomic E-state index is 11.9. The van der Waals surface area contributed by atoms with Crippen LogP contribution >= 0.6 is 28.1 Å². The van der Waals surface area contributed by atoms with E-state index in [9.17, 15) is 8.42 Å². The number of thiocarbonyl (C=S) groups is 1. The number of benzene rings is 1. The molecule has 0 bridgehead atoms. The van der Waals surface area contributed by atoms with Gasteiger partial charge >= 0.3 is 0 Å². The van der Waals surface area contributed by atoms with Gasteiger partial charge in [-0.15, -0.1) is 0 Å². The lowest BCUT2D eigenvalue weighted by Gasteiger charge is -2.20. The molecule has 7 heteroatoms. The van der Waals surface area contributed by atoms with E-state index in [0.29, 0.717) is 24.2 Å². The molecule has 0 spiro atoms. The fourth-order valence-corrected chi connectivity index (χ4v) is 3.94. The molecular weight excluding hydrogens is 324 g/mol. The van der Waals surface area contributed by atoms with Gasteiger partial charge in [-0.1, -0.05) is 28.1 Å². The third kappa shape index (κ3) is 2.46. The van der Waals surface area contributed by atoms with Crippen LogP contribution in [0, 0.1) is 0 Å². The molecule has 92 valence electrons. The SMILES string of the molecule is NC(=S)c1cc(Br)ccc1N1CCCS1(=O)=O. The first-order valence-corrected chi connectivity index (χ1v) is 7.82. The van der Waals surface area contributed by atoms with E-state index in [2.05, 4.69) is 15.9 Å². The van der Waals surface area contributed by atoms with Crippen LogP contribution in [-0.4, -0.2) is 25.7 Å². The number of anilines is 1. The summed E-state index contributed by atoms with van der Waals surface area (Å²) in [6, 6.07) is 5.25. The molecule has 0 radical (unpaired) electrons. The Hall–Kier alpha value is -0.660. The van der Waals surface area contributed by atoms with Gasteiger partial charge in [-0.25, -0.2) is 8.42 Å². The Balaban J connectivity index is 2.56.